The van der Waals surface area contributed by atoms with Gasteiger partial charge in [-0.25, -0.2) is 0 Å². The highest BCUT2D eigenvalue weighted by atomic mass is 16.5. The average molecular weight is 373 g/mol. The van der Waals surface area contributed by atoms with Gasteiger partial charge < -0.3 is 10.1 Å². The SMILES string of the molecule is CCCOc1ccccc1CCCNC(=O)c1ccc(-c2ccccc2)cc1. The Morgan fingerprint density at radius 3 is 2.29 bits per heavy atom. The fourth-order valence-corrected chi connectivity index (χ4v) is 3.09. The van der Waals surface area contributed by atoms with Crippen molar-refractivity contribution in [3.63, 3.8) is 0 Å². The molecule has 3 aromatic carbocycles. The maximum atomic E-state index is 12.4. The largest absolute Gasteiger partial charge is 0.493 e. The summed E-state index contributed by atoms with van der Waals surface area (Å²) in [6, 6.07) is 26.0. The van der Waals surface area contributed by atoms with E-state index in [2.05, 4.69) is 30.4 Å². The first-order valence-electron chi connectivity index (χ1n) is 9.92. The minimum Gasteiger partial charge on any atom is -0.493 e. The molecule has 0 aromatic heterocycles. The van der Waals surface area contributed by atoms with E-state index in [4.69, 9.17) is 4.74 Å². The molecule has 0 fully saturated rings. The van der Waals surface area contributed by atoms with Gasteiger partial charge in [0, 0.05) is 12.1 Å². The van der Waals surface area contributed by atoms with Gasteiger partial charge in [-0.15, -0.1) is 0 Å². The average Bonchev–Trinajstić information content (AvgIpc) is 2.76. The summed E-state index contributed by atoms with van der Waals surface area (Å²) in [5, 5.41) is 3.01. The van der Waals surface area contributed by atoms with E-state index >= 15 is 0 Å². The summed E-state index contributed by atoms with van der Waals surface area (Å²) in [4.78, 5) is 12.4. The lowest BCUT2D eigenvalue weighted by Crippen LogP contribution is -2.24. The van der Waals surface area contributed by atoms with Crippen LogP contribution in [0.5, 0.6) is 5.75 Å². The van der Waals surface area contributed by atoms with Gasteiger partial charge in [0.25, 0.3) is 5.91 Å². The van der Waals surface area contributed by atoms with Crippen LogP contribution < -0.4 is 10.1 Å². The first kappa shape index (κ1) is 19.7. The van der Waals surface area contributed by atoms with E-state index in [-0.39, 0.29) is 5.91 Å². The molecule has 0 bridgehead atoms. The highest BCUT2D eigenvalue weighted by Crippen LogP contribution is 2.20. The molecule has 144 valence electrons. The molecule has 3 aromatic rings. The fraction of sp³-hybridized carbons (Fsp3) is 0.240. The molecule has 3 rings (SSSR count). The highest BCUT2D eigenvalue weighted by molar-refractivity contribution is 5.94. The third-order valence-corrected chi connectivity index (χ3v) is 4.60. The van der Waals surface area contributed by atoms with E-state index in [1.54, 1.807) is 0 Å². The molecular formula is C25H27NO2. The van der Waals surface area contributed by atoms with Gasteiger partial charge in [0.05, 0.1) is 6.61 Å². The summed E-state index contributed by atoms with van der Waals surface area (Å²) in [7, 11) is 0. The lowest BCUT2D eigenvalue weighted by molar-refractivity contribution is 0.0953. The van der Waals surface area contributed by atoms with Crippen molar-refractivity contribution in [1.82, 2.24) is 5.32 Å². The Labute approximate surface area is 167 Å². The molecule has 0 radical (unpaired) electrons. The van der Waals surface area contributed by atoms with E-state index in [1.807, 2.05) is 60.7 Å². The molecule has 28 heavy (non-hydrogen) atoms. The van der Waals surface area contributed by atoms with Gasteiger partial charge in [0.2, 0.25) is 0 Å². The minimum absolute atomic E-state index is 0.0323. The number of hydrogen-bond donors (Lipinski definition) is 1. The summed E-state index contributed by atoms with van der Waals surface area (Å²) in [5.74, 6) is 0.919. The summed E-state index contributed by atoms with van der Waals surface area (Å²) < 4.78 is 5.79. The second-order valence-electron chi connectivity index (χ2n) is 6.76. The minimum atomic E-state index is -0.0323. The van der Waals surface area contributed by atoms with E-state index < -0.39 is 0 Å². The highest BCUT2D eigenvalue weighted by Gasteiger charge is 2.07. The number of hydrogen-bond acceptors (Lipinski definition) is 2. The molecule has 1 N–H and O–H groups in total. The van der Waals surface area contributed by atoms with Crippen LogP contribution >= 0.6 is 0 Å². The number of para-hydroxylation sites is 1. The molecule has 0 atom stereocenters. The molecule has 1 amide bonds. The Morgan fingerprint density at radius 1 is 0.857 bits per heavy atom. The maximum absolute atomic E-state index is 12.4. The van der Waals surface area contributed by atoms with E-state index in [0.717, 1.165) is 42.7 Å². The topological polar surface area (TPSA) is 38.3 Å². The lowest BCUT2D eigenvalue weighted by Gasteiger charge is -2.11. The van der Waals surface area contributed by atoms with Crippen LogP contribution in [0, 0.1) is 0 Å². The Balaban J connectivity index is 1.48. The number of carbonyl (C=O) groups excluding carboxylic acids is 1. The summed E-state index contributed by atoms with van der Waals surface area (Å²) in [6.45, 7) is 3.47. The predicted molar refractivity (Wildman–Crippen MR) is 115 cm³/mol. The van der Waals surface area contributed by atoms with Gasteiger partial charge in [-0.05, 0) is 54.2 Å². The molecule has 0 unspecified atom stereocenters. The summed E-state index contributed by atoms with van der Waals surface area (Å²) in [6.07, 6.45) is 2.75. The maximum Gasteiger partial charge on any atom is 0.251 e. The van der Waals surface area contributed by atoms with Crippen molar-refractivity contribution >= 4 is 5.91 Å². The molecule has 0 saturated carbocycles. The van der Waals surface area contributed by atoms with Crippen molar-refractivity contribution in [3.8, 4) is 16.9 Å². The molecule has 0 heterocycles. The molecule has 3 heteroatoms. The zero-order valence-corrected chi connectivity index (χ0v) is 16.4. The van der Waals surface area contributed by atoms with Gasteiger partial charge in [-0.2, -0.15) is 0 Å². The van der Waals surface area contributed by atoms with Crippen LogP contribution in [0.2, 0.25) is 0 Å². The molecule has 0 spiro atoms. The quantitative estimate of drug-likeness (QED) is 0.503. The smallest absolute Gasteiger partial charge is 0.251 e. The number of aryl methyl sites for hydroxylation is 1. The van der Waals surface area contributed by atoms with Gasteiger partial charge in [0.15, 0.2) is 0 Å². The molecule has 0 aliphatic rings. The normalized spacial score (nSPS) is 10.5. The van der Waals surface area contributed by atoms with Crippen LogP contribution in [0.25, 0.3) is 11.1 Å². The van der Waals surface area contributed by atoms with Crippen molar-refractivity contribution in [3.05, 3.63) is 90.0 Å². The Morgan fingerprint density at radius 2 is 1.54 bits per heavy atom. The second kappa shape index (κ2) is 10.3. The van der Waals surface area contributed by atoms with Crippen molar-refractivity contribution in [2.75, 3.05) is 13.2 Å². The zero-order chi connectivity index (χ0) is 19.6. The van der Waals surface area contributed by atoms with Crippen LogP contribution in [0.4, 0.5) is 0 Å². The van der Waals surface area contributed by atoms with Crippen molar-refractivity contribution in [1.29, 1.82) is 0 Å². The van der Waals surface area contributed by atoms with Crippen LogP contribution in [-0.4, -0.2) is 19.1 Å². The van der Waals surface area contributed by atoms with Crippen LogP contribution in [0.1, 0.15) is 35.7 Å². The Kier molecular flexibility index (Phi) is 7.25. The fourth-order valence-electron chi connectivity index (χ4n) is 3.09. The third-order valence-electron chi connectivity index (χ3n) is 4.60. The number of ether oxygens (including phenoxy) is 1. The van der Waals surface area contributed by atoms with Crippen LogP contribution in [-0.2, 0) is 6.42 Å². The lowest BCUT2D eigenvalue weighted by atomic mass is 10.0. The first-order valence-corrected chi connectivity index (χ1v) is 9.92. The Hall–Kier alpha value is -3.07. The van der Waals surface area contributed by atoms with Gasteiger partial charge >= 0.3 is 0 Å². The summed E-state index contributed by atoms with van der Waals surface area (Å²) >= 11 is 0. The van der Waals surface area contributed by atoms with Crippen LogP contribution in [0.15, 0.2) is 78.9 Å². The number of carbonyl (C=O) groups is 1. The third kappa shape index (κ3) is 5.46. The van der Waals surface area contributed by atoms with Gasteiger partial charge in [-0.1, -0.05) is 67.6 Å². The van der Waals surface area contributed by atoms with E-state index in [1.165, 1.54) is 5.56 Å². The Bertz CT molecular complexity index is 873. The van der Waals surface area contributed by atoms with E-state index in [9.17, 15) is 4.79 Å². The van der Waals surface area contributed by atoms with Gasteiger partial charge in [-0.3, -0.25) is 4.79 Å². The van der Waals surface area contributed by atoms with Crippen molar-refractivity contribution < 1.29 is 9.53 Å². The van der Waals surface area contributed by atoms with Gasteiger partial charge in [0.1, 0.15) is 5.75 Å². The molecule has 3 nitrogen and oxygen atoms in total. The standard InChI is InChI=1S/C25H27NO2/c1-2-19-28-24-13-7-6-11-22(24)12-8-18-26-25(27)23-16-14-21(15-17-23)20-9-4-3-5-10-20/h3-7,9-11,13-17H,2,8,12,18-19H2,1H3,(H,26,27). The summed E-state index contributed by atoms with van der Waals surface area (Å²) in [5.41, 5.74) is 4.14. The number of nitrogens with one attached hydrogen (secondary N) is 1. The molecule has 0 aliphatic carbocycles. The zero-order valence-electron chi connectivity index (χ0n) is 16.4. The number of benzene rings is 3. The second-order valence-corrected chi connectivity index (χ2v) is 6.76. The molecular weight excluding hydrogens is 346 g/mol. The first-order chi connectivity index (χ1) is 13.8. The van der Waals surface area contributed by atoms with E-state index in [0.29, 0.717) is 12.1 Å². The predicted octanol–water partition coefficient (Wildman–Crippen LogP) is 5.51. The number of amides is 1. The number of rotatable bonds is 9. The van der Waals surface area contributed by atoms with Crippen molar-refractivity contribution in [2.45, 2.75) is 26.2 Å². The molecule has 0 aliphatic heterocycles. The van der Waals surface area contributed by atoms with Crippen LogP contribution in [0.3, 0.4) is 0 Å². The molecule has 0 saturated heterocycles. The van der Waals surface area contributed by atoms with Crippen molar-refractivity contribution in [2.24, 2.45) is 0 Å². The monoisotopic (exact) mass is 373 g/mol.